The van der Waals surface area contributed by atoms with Gasteiger partial charge < -0.3 is 15.5 Å². The van der Waals surface area contributed by atoms with Crippen LogP contribution >= 0.6 is 0 Å². The van der Waals surface area contributed by atoms with E-state index in [1.54, 1.807) is 17.0 Å². The van der Waals surface area contributed by atoms with E-state index in [1.165, 1.54) is 0 Å². The molecule has 0 spiro atoms. The number of rotatable bonds is 3. The van der Waals surface area contributed by atoms with Crippen molar-refractivity contribution in [2.24, 2.45) is 0 Å². The lowest BCUT2D eigenvalue weighted by Gasteiger charge is -2.28. The van der Waals surface area contributed by atoms with Gasteiger partial charge in [-0.1, -0.05) is 6.07 Å². The molecule has 2 N–H and O–H groups in total. The Morgan fingerprint density at radius 2 is 1.96 bits per heavy atom. The second kappa shape index (κ2) is 6.40. The molecule has 1 saturated heterocycles. The Hall–Kier alpha value is -2.37. The van der Waals surface area contributed by atoms with E-state index >= 15 is 0 Å². The third kappa shape index (κ3) is 3.70. The molecule has 1 heterocycles. The predicted molar refractivity (Wildman–Crippen MR) is 87.2 cm³/mol. The number of piperidine rings is 1. The van der Waals surface area contributed by atoms with Gasteiger partial charge in [0.15, 0.2) is 0 Å². The molecule has 122 valence electrons. The first kappa shape index (κ1) is 15.5. The fourth-order valence-corrected chi connectivity index (χ4v) is 2.71. The summed E-state index contributed by atoms with van der Waals surface area (Å²) in [5.41, 5.74) is 2.30. The van der Waals surface area contributed by atoms with Gasteiger partial charge in [-0.25, -0.2) is 0 Å². The quantitative estimate of drug-likeness (QED) is 0.834. The summed E-state index contributed by atoms with van der Waals surface area (Å²) in [5.74, 6) is -1.17. The van der Waals surface area contributed by atoms with Gasteiger partial charge in [0.1, 0.15) is 0 Å². The first-order chi connectivity index (χ1) is 11.0. The minimum atomic E-state index is -0.670. The largest absolute Gasteiger partial charge is 0.345 e. The summed E-state index contributed by atoms with van der Waals surface area (Å²) in [6, 6.07) is 5.51. The predicted octanol–water partition coefficient (Wildman–Crippen LogP) is 1.73. The van der Waals surface area contributed by atoms with E-state index in [2.05, 4.69) is 10.6 Å². The van der Waals surface area contributed by atoms with Gasteiger partial charge in [-0.2, -0.15) is 0 Å². The number of hydrogen-bond acceptors (Lipinski definition) is 3. The van der Waals surface area contributed by atoms with Crippen molar-refractivity contribution in [1.82, 2.24) is 5.32 Å². The topological polar surface area (TPSA) is 78.5 Å². The van der Waals surface area contributed by atoms with Crippen LogP contribution in [-0.4, -0.2) is 30.3 Å². The molecule has 1 aliphatic heterocycles. The maximum atomic E-state index is 12.1. The summed E-state index contributed by atoms with van der Waals surface area (Å²) in [6.45, 7) is 2.63. The summed E-state index contributed by atoms with van der Waals surface area (Å²) in [5, 5.41) is 5.26. The third-order valence-electron chi connectivity index (χ3n) is 4.20. The van der Waals surface area contributed by atoms with Crippen LogP contribution in [-0.2, 0) is 14.4 Å². The molecule has 0 bridgehead atoms. The van der Waals surface area contributed by atoms with E-state index in [0.29, 0.717) is 18.7 Å². The molecule has 1 saturated carbocycles. The zero-order valence-corrected chi connectivity index (χ0v) is 13.2. The fourth-order valence-electron chi connectivity index (χ4n) is 2.71. The Bertz CT molecular complexity index is 652. The smallest absolute Gasteiger partial charge is 0.313 e. The van der Waals surface area contributed by atoms with Crippen molar-refractivity contribution in [2.45, 2.75) is 45.1 Å². The lowest BCUT2D eigenvalue weighted by Crippen LogP contribution is -2.37. The number of aryl methyl sites for hydroxylation is 1. The summed E-state index contributed by atoms with van der Waals surface area (Å²) in [4.78, 5) is 37.5. The summed E-state index contributed by atoms with van der Waals surface area (Å²) in [6.07, 6.45) is 4.33. The van der Waals surface area contributed by atoms with Crippen LogP contribution in [0.4, 0.5) is 11.4 Å². The minimum absolute atomic E-state index is 0.106. The van der Waals surface area contributed by atoms with Crippen molar-refractivity contribution in [3.05, 3.63) is 23.8 Å². The number of hydrogen-bond donors (Lipinski definition) is 2. The number of carbonyl (C=O) groups is 3. The number of nitrogens with one attached hydrogen (secondary N) is 2. The average molecular weight is 315 g/mol. The van der Waals surface area contributed by atoms with Crippen molar-refractivity contribution in [2.75, 3.05) is 16.8 Å². The van der Waals surface area contributed by atoms with Crippen molar-refractivity contribution < 1.29 is 14.4 Å². The van der Waals surface area contributed by atoms with E-state index in [4.69, 9.17) is 0 Å². The highest BCUT2D eigenvalue weighted by Crippen LogP contribution is 2.27. The van der Waals surface area contributed by atoms with Crippen LogP contribution < -0.4 is 15.5 Å². The van der Waals surface area contributed by atoms with Crippen LogP contribution in [0.5, 0.6) is 0 Å². The van der Waals surface area contributed by atoms with Gasteiger partial charge in [0.2, 0.25) is 5.91 Å². The summed E-state index contributed by atoms with van der Waals surface area (Å²) >= 11 is 0. The molecule has 3 amide bonds. The maximum absolute atomic E-state index is 12.1. The molecular formula is C17H21N3O3. The molecule has 1 aromatic carbocycles. The molecule has 6 heteroatoms. The maximum Gasteiger partial charge on any atom is 0.313 e. The highest BCUT2D eigenvalue weighted by Gasteiger charge is 2.27. The molecule has 1 aromatic rings. The Kier molecular flexibility index (Phi) is 4.32. The zero-order valence-electron chi connectivity index (χ0n) is 13.2. The molecule has 0 unspecified atom stereocenters. The van der Waals surface area contributed by atoms with E-state index in [1.807, 2.05) is 13.0 Å². The average Bonchev–Trinajstić information content (AvgIpc) is 3.34. The summed E-state index contributed by atoms with van der Waals surface area (Å²) < 4.78 is 0. The van der Waals surface area contributed by atoms with Gasteiger partial charge in [-0.3, -0.25) is 14.4 Å². The molecule has 2 fully saturated rings. The molecular weight excluding hydrogens is 294 g/mol. The number of nitrogens with zero attached hydrogens (tertiary/aromatic N) is 1. The lowest BCUT2D eigenvalue weighted by molar-refractivity contribution is -0.136. The summed E-state index contributed by atoms with van der Waals surface area (Å²) in [7, 11) is 0. The number of benzene rings is 1. The first-order valence-electron chi connectivity index (χ1n) is 8.07. The molecule has 0 radical (unpaired) electrons. The van der Waals surface area contributed by atoms with Crippen LogP contribution in [0.25, 0.3) is 0 Å². The number of carbonyl (C=O) groups excluding carboxylic acids is 3. The van der Waals surface area contributed by atoms with Gasteiger partial charge >= 0.3 is 11.8 Å². The molecule has 0 atom stereocenters. The molecule has 6 nitrogen and oxygen atoms in total. The Morgan fingerprint density at radius 1 is 1.17 bits per heavy atom. The van der Waals surface area contributed by atoms with Gasteiger partial charge in [0.25, 0.3) is 0 Å². The van der Waals surface area contributed by atoms with E-state index in [9.17, 15) is 14.4 Å². The number of amides is 3. The van der Waals surface area contributed by atoms with Gasteiger partial charge in [-0.15, -0.1) is 0 Å². The van der Waals surface area contributed by atoms with Gasteiger partial charge in [0.05, 0.1) is 0 Å². The Morgan fingerprint density at radius 3 is 2.65 bits per heavy atom. The Balaban J connectivity index is 1.72. The molecule has 23 heavy (non-hydrogen) atoms. The zero-order chi connectivity index (χ0) is 16.4. The molecule has 0 aromatic heterocycles. The highest BCUT2D eigenvalue weighted by molar-refractivity contribution is 6.39. The third-order valence-corrected chi connectivity index (χ3v) is 4.20. The Labute approximate surface area is 135 Å². The lowest BCUT2D eigenvalue weighted by atomic mass is 10.1. The molecule has 3 rings (SSSR count). The SMILES string of the molecule is Cc1ccc(NC(=O)C(=O)NC2CC2)cc1N1CCCCC1=O. The van der Waals surface area contributed by atoms with E-state index < -0.39 is 11.8 Å². The normalized spacial score (nSPS) is 17.8. The number of anilines is 2. The van der Waals surface area contributed by atoms with Crippen LogP contribution in [0.3, 0.4) is 0 Å². The first-order valence-corrected chi connectivity index (χ1v) is 8.07. The van der Waals surface area contributed by atoms with E-state index in [-0.39, 0.29) is 11.9 Å². The van der Waals surface area contributed by atoms with E-state index in [0.717, 1.165) is 36.9 Å². The molecule has 1 aliphatic carbocycles. The standard InChI is InChI=1S/C17H21N3O3/c1-11-5-6-13(19-17(23)16(22)18-12-7-8-12)10-14(11)20-9-3-2-4-15(20)21/h5-6,10,12H,2-4,7-9H2,1H3,(H,18,22)(H,19,23). The fraction of sp³-hybridized carbons (Fsp3) is 0.471. The minimum Gasteiger partial charge on any atom is -0.345 e. The van der Waals surface area contributed by atoms with Crippen molar-refractivity contribution >= 4 is 29.1 Å². The van der Waals surface area contributed by atoms with Crippen LogP contribution in [0.15, 0.2) is 18.2 Å². The van der Waals surface area contributed by atoms with Gasteiger partial charge in [-0.05, 0) is 50.3 Å². The van der Waals surface area contributed by atoms with Crippen LogP contribution in [0.1, 0.15) is 37.7 Å². The van der Waals surface area contributed by atoms with Gasteiger partial charge in [0, 0.05) is 30.4 Å². The van der Waals surface area contributed by atoms with Crippen molar-refractivity contribution in [3.63, 3.8) is 0 Å². The second-order valence-corrected chi connectivity index (χ2v) is 6.21. The monoisotopic (exact) mass is 315 g/mol. The van der Waals surface area contributed by atoms with Crippen molar-refractivity contribution in [1.29, 1.82) is 0 Å². The van der Waals surface area contributed by atoms with Crippen LogP contribution in [0, 0.1) is 6.92 Å². The molecule has 2 aliphatic rings. The van der Waals surface area contributed by atoms with Crippen LogP contribution in [0.2, 0.25) is 0 Å². The van der Waals surface area contributed by atoms with Crippen molar-refractivity contribution in [3.8, 4) is 0 Å². The second-order valence-electron chi connectivity index (χ2n) is 6.21. The highest BCUT2D eigenvalue weighted by atomic mass is 16.2.